The zero-order chi connectivity index (χ0) is 103. The highest BCUT2D eigenvalue weighted by Crippen LogP contribution is 2.55. The number of alkyl halides is 4. The molecular formula is C88H113F4N9O30P4S5. The van der Waals surface area contributed by atoms with E-state index in [0.29, 0.717) is 4.64 Å². The average molecular weight is 2140 g/mol. The molecule has 39 nitrogen and oxygen atoms in total. The summed E-state index contributed by atoms with van der Waals surface area (Å²) in [5.41, 5.74) is 4.45. The van der Waals surface area contributed by atoms with Crippen molar-refractivity contribution in [1.82, 2.24) is 38.2 Å². The number of benzene rings is 4. The first-order valence-corrected chi connectivity index (χ1v) is 52.9. The molecule has 4 aliphatic rings. The third kappa shape index (κ3) is 33.5. The second kappa shape index (κ2) is 52.5. The van der Waals surface area contributed by atoms with Gasteiger partial charge in [-0.25, -0.2) is 45.6 Å². The summed E-state index contributed by atoms with van der Waals surface area (Å²) in [5, 5.41) is 41.5. The summed E-state index contributed by atoms with van der Waals surface area (Å²) >= 11 is 25.3. The Bertz CT molecular complexity index is 5660. The summed E-state index contributed by atoms with van der Waals surface area (Å²) in [7, 11) is -16.0. The molecule has 0 spiro atoms. The number of anilines is 1. The van der Waals surface area contributed by atoms with Crippen molar-refractivity contribution >= 4 is 121 Å². The van der Waals surface area contributed by atoms with E-state index in [1.807, 2.05) is 0 Å². The lowest BCUT2D eigenvalue weighted by Gasteiger charge is -2.24. The highest BCUT2D eigenvalue weighted by atomic mass is 32.1. The minimum absolute atomic E-state index is 0.00149. The lowest BCUT2D eigenvalue weighted by Crippen LogP contribution is -2.34. The third-order valence-corrected chi connectivity index (χ3v) is 29.9. The number of aliphatic hydroxyl groups is 4. The number of esters is 4. The Balaban J connectivity index is 0.000000209. The minimum atomic E-state index is -4.02. The first-order valence-electron chi connectivity index (χ1n) is 43.9. The SMILES string of the molecule is CC(C)OC(=O)[C@H](C)CP(=O)(OC[C@H]1O[C@@H](n2ccc(=O)[nH]c2=S)C(O)[C@H]1F)Oc1ccccc1.CC(C)OC(=O)[C@H](C)CP(=O)(OC[C@H]1O[C@@H](n2ccc(=S)[nH]c2=O)C(O)[C@H]1F)Oc1ccccc1.CC(C)OC(=O)[C@H](C)CP(=O)(OC[C@H]1O[C@@H](n2ccc(=S)[nH]c2=S)C(O)[C@H]1F)Oc1ccccc1.CC(C)OC(=O)[C@H](C)CP(=O)(OC[C@H]1O[C@@H](n2ccc(N)nc2=S)C(O)[C@H]1F)Oc1ccccc1. The summed E-state index contributed by atoms with van der Waals surface area (Å²) < 4.78 is 207. The van der Waals surface area contributed by atoms with Gasteiger partial charge in [0.2, 0.25) is 4.77 Å². The van der Waals surface area contributed by atoms with Crippen LogP contribution in [0, 0.1) is 47.3 Å². The van der Waals surface area contributed by atoms with Crippen LogP contribution in [0.4, 0.5) is 23.4 Å². The molecule has 52 heteroatoms. The Labute approximate surface area is 828 Å². The van der Waals surface area contributed by atoms with Crippen molar-refractivity contribution in [3.8, 4) is 23.0 Å². The number of carbonyl (C=O) groups excluding carboxylic acids is 4. The van der Waals surface area contributed by atoms with E-state index in [-0.39, 0.29) is 96.8 Å². The predicted molar refractivity (Wildman–Crippen MR) is 512 cm³/mol. The topological polar surface area (TPSA) is 505 Å². The van der Waals surface area contributed by atoms with Gasteiger partial charge in [0.1, 0.15) is 86.9 Å². The van der Waals surface area contributed by atoms with Gasteiger partial charge in [-0.15, -0.1) is 0 Å². The van der Waals surface area contributed by atoms with E-state index in [0.717, 1.165) is 10.6 Å². The molecule has 8 unspecified atom stereocenters. The van der Waals surface area contributed by atoms with Gasteiger partial charge in [0.05, 0.1) is 99.2 Å². The first-order chi connectivity index (χ1) is 65.9. The number of carbonyl (C=O) groups is 4. The lowest BCUT2D eigenvalue weighted by atomic mass is 10.1. The van der Waals surface area contributed by atoms with E-state index in [1.54, 1.807) is 184 Å². The number of nitrogens with two attached hydrogens (primary N) is 1. The van der Waals surface area contributed by atoms with E-state index in [2.05, 4.69) is 19.9 Å². The van der Waals surface area contributed by atoms with E-state index in [9.17, 15) is 85.0 Å². The number of hydrogen-bond acceptors (Lipinski definition) is 37. The number of nitrogens with one attached hydrogen (secondary N) is 3. The Morgan fingerprint density at radius 3 is 0.893 bits per heavy atom. The highest BCUT2D eigenvalue weighted by molar-refractivity contribution is 7.72. The van der Waals surface area contributed by atoms with Gasteiger partial charge in [0.25, 0.3) is 5.56 Å². The maximum Gasteiger partial charge on any atom is 0.380 e. The molecule has 0 bridgehead atoms. The summed E-state index contributed by atoms with van der Waals surface area (Å²) in [6.07, 6.45) is -21.5. The van der Waals surface area contributed by atoms with Crippen molar-refractivity contribution in [2.24, 2.45) is 23.7 Å². The standard InChI is InChI=1S/C22H29FN3O7PS.2C22H28FN2O8PS.C22H28FN2O7PS2/c1-13(2)31-21(28)14(3)12-34(29,33-15-7-5-4-6-8-15)30-11-16-18(23)19(27)20(32-16)26-10-9-17(24)25-22(26)35;1-13(2)31-21(27)14(3)12-34(29,33-15-7-5-4-6-8-15)30-11-16-18(23)19(26)20(32-16)25-10-9-17(35)24-22(25)28;1-13(2)31-21(28)14(3)12-34(29,33-15-7-5-4-6-8-15)30-11-16-18(23)19(27)20(32-16)25-10-9-17(26)24-22(25)35;1-13(2)30-21(27)14(3)12-33(28,32-15-7-5-4-6-8-15)29-11-16-18(23)19(26)20(31-16)25-10-9-17(34)24-22(25)35/h4-10,13-14,16,18-20,27H,11-12H2,1-3H3,(H2,24,25,35);4-10,13-14,16,18-20,26H,11-12H2,1-3H3,(H,24,28,35);4-10,13-14,16,18-20,27H,11-12H2,1-3H3,(H,24,26,35);4-10,13-14,16,18-20,26H,11-12H2,1-3H3,(H,24,34,35)/t3*14-,16-,18+,19?,20-,34?;14-,16-,18+,19?,20-,33?/m1111/s1. The molecule has 8 aromatic rings. The lowest BCUT2D eigenvalue weighted by molar-refractivity contribution is -0.152. The molecule has 12 rings (SSSR count). The number of aromatic amines is 3. The van der Waals surface area contributed by atoms with Gasteiger partial charge in [-0.1, -0.05) is 125 Å². The van der Waals surface area contributed by atoms with Crippen molar-refractivity contribution in [2.75, 3.05) is 56.8 Å². The van der Waals surface area contributed by atoms with Gasteiger partial charge in [-0.2, -0.15) is 0 Å². The summed E-state index contributed by atoms with van der Waals surface area (Å²) in [6, 6.07) is 38.4. The van der Waals surface area contributed by atoms with Crippen LogP contribution in [-0.2, 0) is 93.4 Å². The van der Waals surface area contributed by atoms with E-state index >= 15 is 0 Å². The van der Waals surface area contributed by atoms with Crippen LogP contribution in [0.15, 0.2) is 180 Å². The van der Waals surface area contributed by atoms with Crippen LogP contribution in [0.25, 0.3) is 0 Å². The zero-order valence-corrected chi connectivity index (χ0v) is 85.4. The Hall–Kier alpha value is -9.06. The van der Waals surface area contributed by atoms with Crippen molar-refractivity contribution in [2.45, 2.75) is 206 Å². The maximum atomic E-state index is 14.9. The third-order valence-electron chi connectivity index (χ3n) is 20.4. The van der Waals surface area contributed by atoms with Crippen LogP contribution < -0.4 is 35.1 Å². The summed E-state index contributed by atoms with van der Waals surface area (Å²) in [5.74, 6) is -4.48. The molecular weight excluding hydrogens is 2020 g/mol. The van der Waals surface area contributed by atoms with E-state index in [4.69, 9.17) is 141 Å². The fraction of sp³-hybridized carbons (Fsp3) is 0.500. The number of nitrogen functional groups attached to an aromatic ring is 1. The molecule has 768 valence electrons. The highest BCUT2D eigenvalue weighted by Gasteiger charge is 2.52. The number of para-hydroxylation sites is 4. The van der Waals surface area contributed by atoms with Gasteiger partial charge in [-0.3, -0.25) is 70.3 Å². The Morgan fingerprint density at radius 1 is 0.379 bits per heavy atom. The fourth-order valence-corrected chi connectivity index (χ4v) is 22.3. The van der Waals surface area contributed by atoms with Crippen molar-refractivity contribution < 1.29 is 150 Å². The molecule has 0 aliphatic carbocycles. The number of rotatable bonds is 40. The normalized spacial score (nSPS) is 24.6. The van der Waals surface area contributed by atoms with Crippen molar-refractivity contribution in [1.29, 1.82) is 0 Å². The molecule has 9 N–H and O–H groups in total. The molecule has 140 heavy (non-hydrogen) atoms. The molecule has 0 saturated carbocycles. The quantitative estimate of drug-likeness (QED) is 0.00581. The van der Waals surface area contributed by atoms with Gasteiger partial charge in [0.15, 0.2) is 59.1 Å². The zero-order valence-electron chi connectivity index (χ0n) is 77.7. The fourth-order valence-electron chi connectivity index (χ4n) is 13.6. The van der Waals surface area contributed by atoms with Crippen molar-refractivity contribution in [3.05, 3.63) is 215 Å². The molecule has 24 atom stereocenters. The summed E-state index contributed by atoms with van der Waals surface area (Å²) in [6.45, 7) is 17.6. The number of H-pyrrole nitrogens is 3. The van der Waals surface area contributed by atoms with E-state index in [1.165, 1.54) is 77.5 Å². The Kier molecular flexibility index (Phi) is 42.9. The molecule has 0 amide bonds. The monoisotopic (exact) mass is 2140 g/mol. The molecule has 4 aliphatic heterocycles. The number of aromatic nitrogens is 8. The van der Waals surface area contributed by atoms with Crippen LogP contribution >= 0.6 is 91.5 Å². The Morgan fingerprint density at radius 2 is 0.629 bits per heavy atom. The molecule has 4 aromatic carbocycles. The van der Waals surface area contributed by atoms with E-state index < -0.39 is 214 Å². The molecule has 4 fully saturated rings. The maximum absolute atomic E-state index is 14.9. The average Bonchev–Trinajstić information content (AvgIpc) is 1.67. The smallest absolute Gasteiger partial charge is 0.380 e. The molecule has 4 aromatic heterocycles. The van der Waals surface area contributed by atoms with Crippen LogP contribution in [0.5, 0.6) is 23.0 Å². The number of hydrogen-bond donors (Lipinski definition) is 8. The van der Waals surface area contributed by atoms with Gasteiger partial charge in [-0.05, 0) is 159 Å². The molecule has 0 radical (unpaired) electrons. The van der Waals surface area contributed by atoms with Crippen LogP contribution in [-0.4, -0.2) is 232 Å². The van der Waals surface area contributed by atoms with Gasteiger partial charge in [0, 0.05) is 30.9 Å². The van der Waals surface area contributed by atoms with Gasteiger partial charge < -0.3 is 87.1 Å². The van der Waals surface area contributed by atoms with Crippen molar-refractivity contribution in [3.63, 3.8) is 0 Å². The molecule has 8 heterocycles. The second-order valence-electron chi connectivity index (χ2n) is 33.6. The number of ether oxygens (including phenoxy) is 8. The minimum Gasteiger partial charge on any atom is -0.463 e. The number of nitrogens with zero attached hydrogens (tertiary/aromatic N) is 5. The number of aliphatic hydroxyl groups excluding tert-OH is 4. The first kappa shape index (κ1) is 115. The summed E-state index contributed by atoms with van der Waals surface area (Å²) in [4.78, 5) is 84.1. The van der Waals surface area contributed by atoms with Crippen LogP contribution in [0.1, 0.15) is 108 Å². The van der Waals surface area contributed by atoms with Gasteiger partial charge >= 0.3 is 60.0 Å². The predicted octanol–water partition coefficient (Wildman–Crippen LogP) is 15.2. The number of halogens is 4. The second-order valence-corrected chi connectivity index (χ2v) is 43.7. The largest absolute Gasteiger partial charge is 0.463 e. The van der Waals surface area contributed by atoms with Crippen LogP contribution in [0.2, 0.25) is 0 Å². The van der Waals surface area contributed by atoms with Crippen LogP contribution in [0.3, 0.4) is 0 Å². The molecule has 4 saturated heterocycles.